The predicted octanol–water partition coefficient (Wildman–Crippen LogP) is 1.85. The standard InChI is InChI=1S/C6H11N.CHNO/c1-3-4-6(2)5-7;2-1-3/h6H,3-4H2,1-2H3;2H. The zero-order valence-electron chi connectivity index (χ0n) is 6.35. The smallest absolute Gasteiger partial charge is 0.222 e. The Balaban J connectivity index is 0. The van der Waals surface area contributed by atoms with Gasteiger partial charge in [-0.1, -0.05) is 13.3 Å². The Morgan fingerprint density at radius 2 is 2.10 bits per heavy atom. The van der Waals surface area contributed by atoms with Crippen molar-refractivity contribution in [3.63, 3.8) is 0 Å². The van der Waals surface area contributed by atoms with Gasteiger partial charge in [-0.25, -0.2) is 10.2 Å². The predicted molar refractivity (Wildman–Crippen MR) is 38.1 cm³/mol. The van der Waals surface area contributed by atoms with Crippen molar-refractivity contribution in [1.29, 1.82) is 10.7 Å². The van der Waals surface area contributed by atoms with Crippen molar-refractivity contribution in [2.24, 2.45) is 5.92 Å². The lowest BCUT2D eigenvalue weighted by atomic mass is 10.1. The Hall–Kier alpha value is -1.13. The lowest BCUT2D eigenvalue weighted by molar-refractivity contribution is 0.563. The minimum Gasteiger partial charge on any atom is -0.222 e. The summed E-state index contributed by atoms with van der Waals surface area (Å²) >= 11 is 0. The number of hydrogen-bond donors (Lipinski definition) is 1. The minimum atomic E-state index is 0.255. The zero-order valence-corrected chi connectivity index (χ0v) is 6.35. The van der Waals surface area contributed by atoms with E-state index in [-0.39, 0.29) is 5.92 Å². The van der Waals surface area contributed by atoms with Crippen LogP contribution < -0.4 is 0 Å². The average Bonchev–Trinajstić information content (AvgIpc) is 1.90. The van der Waals surface area contributed by atoms with E-state index in [2.05, 4.69) is 13.0 Å². The molecule has 0 saturated carbocycles. The molecule has 0 heterocycles. The molecular weight excluding hydrogens is 128 g/mol. The lowest BCUT2D eigenvalue weighted by Crippen LogP contribution is -1.85. The van der Waals surface area contributed by atoms with Gasteiger partial charge >= 0.3 is 0 Å². The molecule has 0 aliphatic rings. The van der Waals surface area contributed by atoms with Crippen molar-refractivity contribution in [2.45, 2.75) is 26.7 Å². The maximum Gasteiger partial charge on any atom is 0.231 e. The molecule has 0 saturated heterocycles. The Bertz CT molecular complexity index is 131. The fraction of sp³-hybridized carbons (Fsp3) is 0.714. The topological polar surface area (TPSA) is 64.7 Å². The van der Waals surface area contributed by atoms with Crippen LogP contribution >= 0.6 is 0 Å². The lowest BCUT2D eigenvalue weighted by Gasteiger charge is -1.92. The average molecular weight is 140 g/mol. The normalized spacial score (nSPS) is 9.70. The second-order valence-corrected chi connectivity index (χ2v) is 1.92. The minimum absolute atomic E-state index is 0.255. The van der Waals surface area contributed by atoms with Gasteiger partial charge in [-0.3, -0.25) is 0 Å². The summed E-state index contributed by atoms with van der Waals surface area (Å²) < 4.78 is 0. The van der Waals surface area contributed by atoms with Crippen molar-refractivity contribution in [3.8, 4) is 6.07 Å². The molecule has 3 nitrogen and oxygen atoms in total. The van der Waals surface area contributed by atoms with Gasteiger partial charge in [0, 0.05) is 5.92 Å². The van der Waals surface area contributed by atoms with Crippen LogP contribution in [-0.4, -0.2) is 6.08 Å². The summed E-state index contributed by atoms with van der Waals surface area (Å²) in [4.78, 5) is 8.35. The largest absolute Gasteiger partial charge is 0.231 e. The van der Waals surface area contributed by atoms with Crippen LogP contribution in [0.25, 0.3) is 0 Å². The number of carbonyl (C=O) groups excluding carboxylic acids is 1. The SMILES string of the molecule is CCCC(C)C#N.N=C=O. The quantitative estimate of drug-likeness (QED) is 0.470. The Kier molecular flexibility index (Phi) is 12.5. The molecule has 0 rings (SSSR count). The first-order valence-corrected chi connectivity index (χ1v) is 3.16. The van der Waals surface area contributed by atoms with Crippen LogP contribution in [0.5, 0.6) is 0 Å². The number of nitriles is 1. The van der Waals surface area contributed by atoms with Crippen LogP contribution in [0.15, 0.2) is 0 Å². The Morgan fingerprint density at radius 1 is 1.70 bits per heavy atom. The van der Waals surface area contributed by atoms with Crippen molar-refractivity contribution < 1.29 is 4.79 Å². The highest BCUT2D eigenvalue weighted by molar-refractivity contribution is 5.26. The van der Waals surface area contributed by atoms with E-state index in [1.165, 1.54) is 0 Å². The van der Waals surface area contributed by atoms with Gasteiger partial charge in [0.05, 0.1) is 6.07 Å². The summed E-state index contributed by atoms with van der Waals surface area (Å²) in [5.74, 6) is 0.255. The van der Waals surface area contributed by atoms with Crippen LogP contribution in [0.1, 0.15) is 26.7 Å². The summed E-state index contributed by atoms with van der Waals surface area (Å²) in [6.45, 7) is 4.04. The fourth-order valence-electron chi connectivity index (χ4n) is 0.498. The summed E-state index contributed by atoms with van der Waals surface area (Å²) in [7, 11) is 0. The van der Waals surface area contributed by atoms with Crippen LogP contribution in [0.4, 0.5) is 0 Å². The van der Waals surface area contributed by atoms with Gasteiger partial charge in [0.25, 0.3) is 0 Å². The third kappa shape index (κ3) is 15.8. The molecular formula is C7H12N2O. The van der Waals surface area contributed by atoms with Crippen molar-refractivity contribution >= 4 is 6.08 Å². The summed E-state index contributed by atoms with van der Waals surface area (Å²) in [5, 5.41) is 13.6. The number of hydrogen-bond acceptors (Lipinski definition) is 3. The summed E-state index contributed by atoms with van der Waals surface area (Å²) in [5.41, 5.74) is 0. The molecule has 0 aliphatic carbocycles. The molecule has 0 radical (unpaired) electrons. The molecule has 0 amide bonds. The van der Waals surface area contributed by atoms with Crippen molar-refractivity contribution in [1.82, 2.24) is 0 Å². The van der Waals surface area contributed by atoms with Crippen molar-refractivity contribution in [3.05, 3.63) is 0 Å². The first-order chi connectivity index (χ1) is 4.72. The molecule has 0 aromatic heterocycles. The second kappa shape index (κ2) is 10.8. The number of nitrogens with one attached hydrogen (secondary N) is 1. The third-order valence-corrected chi connectivity index (χ3v) is 0.942. The van der Waals surface area contributed by atoms with Gasteiger partial charge in [0.15, 0.2) is 0 Å². The number of isocyanates is 1. The molecule has 0 spiro atoms. The highest BCUT2D eigenvalue weighted by Crippen LogP contribution is 2.00. The molecule has 1 atom stereocenters. The van der Waals surface area contributed by atoms with E-state index >= 15 is 0 Å². The Labute approximate surface area is 61.2 Å². The van der Waals surface area contributed by atoms with Crippen LogP contribution in [-0.2, 0) is 4.79 Å². The molecule has 1 unspecified atom stereocenters. The molecule has 1 N–H and O–H groups in total. The molecule has 0 fully saturated rings. The first kappa shape index (κ1) is 11.6. The molecule has 10 heavy (non-hydrogen) atoms. The first-order valence-electron chi connectivity index (χ1n) is 3.16. The van der Waals surface area contributed by atoms with E-state index < -0.39 is 0 Å². The van der Waals surface area contributed by atoms with Gasteiger partial charge in [0.1, 0.15) is 0 Å². The van der Waals surface area contributed by atoms with Crippen LogP contribution in [0, 0.1) is 22.7 Å². The molecule has 0 aromatic rings. The molecule has 0 bridgehead atoms. The summed E-state index contributed by atoms with van der Waals surface area (Å²) in [6.07, 6.45) is 2.91. The highest BCUT2D eigenvalue weighted by Gasteiger charge is 1.92. The van der Waals surface area contributed by atoms with Gasteiger partial charge in [-0.15, -0.1) is 0 Å². The van der Waals surface area contributed by atoms with E-state index in [1.54, 1.807) is 0 Å². The van der Waals surface area contributed by atoms with Crippen molar-refractivity contribution in [2.75, 3.05) is 0 Å². The van der Waals surface area contributed by atoms with Crippen LogP contribution in [0.2, 0.25) is 0 Å². The molecule has 0 aromatic carbocycles. The Morgan fingerprint density at radius 3 is 2.20 bits per heavy atom. The zero-order chi connectivity index (χ0) is 8.41. The second-order valence-electron chi connectivity index (χ2n) is 1.92. The van der Waals surface area contributed by atoms with E-state index in [0.29, 0.717) is 0 Å². The van der Waals surface area contributed by atoms with Gasteiger partial charge < -0.3 is 0 Å². The highest BCUT2D eigenvalue weighted by atomic mass is 16.1. The summed E-state index contributed by atoms with van der Waals surface area (Å²) in [6, 6.07) is 2.17. The van der Waals surface area contributed by atoms with Gasteiger partial charge in [-0.05, 0) is 13.3 Å². The monoisotopic (exact) mass is 140 g/mol. The molecule has 3 heteroatoms. The number of nitrogens with zero attached hydrogens (tertiary/aromatic N) is 1. The molecule has 56 valence electrons. The van der Waals surface area contributed by atoms with E-state index in [1.807, 2.05) is 6.92 Å². The maximum atomic E-state index is 8.35. The maximum absolute atomic E-state index is 8.35. The fourth-order valence-corrected chi connectivity index (χ4v) is 0.498. The van der Waals surface area contributed by atoms with Gasteiger partial charge in [0.2, 0.25) is 6.08 Å². The van der Waals surface area contributed by atoms with Crippen LogP contribution in [0.3, 0.4) is 0 Å². The molecule has 0 aliphatic heterocycles. The van der Waals surface area contributed by atoms with E-state index in [9.17, 15) is 0 Å². The third-order valence-electron chi connectivity index (χ3n) is 0.942. The van der Waals surface area contributed by atoms with E-state index in [0.717, 1.165) is 18.9 Å². The number of rotatable bonds is 2. The van der Waals surface area contributed by atoms with Gasteiger partial charge in [-0.2, -0.15) is 5.26 Å². The van der Waals surface area contributed by atoms with E-state index in [4.69, 9.17) is 15.5 Å².